The van der Waals surface area contributed by atoms with Gasteiger partial charge in [0.2, 0.25) is 0 Å². The van der Waals surface area contributed by atoms with Gasteiger partial charge in [-0.05, 0) is 17.7 Å². The van der Waals surface area contributed by atoms with E-state index >= 15 is 0 Å². The first kappa shape index (κ1) is 14.9. The van der Waals surface area contributed by atoms with Gasteiger partial charge >= 0.3 is 12.7 Å². The second kappa shape index (κ2) is 5.26. The molecule has 0 spiro atoms. The zero-order valence-corrected chi connectivity index (χ0v) is 8.97. The van der Waals surface area contributed by atoms with E-state index in [-0.39, 0.29) is 12.0 Å². The Morgan fingerprint density at radius 1 is 0.947 bits per heavy atom. The maximum Gasteiger partial charge on any atom is 0.573 e. The first-order valence-electron chi connectivity index (χ1n) is 4.62. The number of rotatable bonds is 3. The molecule has 0 amide bonds. The molecule has 3 nitrogen and oxygen atoms in total. The minimum absolute atomic E-state index is 0.0660. The van der Waals surface area contributed by atoms with Crippen LogP contribution in [0.15, 0.2) is 18.2 Å². The number of benzene rings is 1. The summed E-state index contributed by atoms with van der Waals surface area (Å²) in [6, 6.07) is 4.00. The van der Waals surface area contributed by atoms with Crippen LogP contribution in [0.25, 0.3) is 0 Å². The quantitative estimate of drug-likeness (QED) is 0.797. The highest BCUT2D eigenvalue weighted by Gasteiger charge is 2.36. The molecule has 0 fully saturated rings. The average Bonchev–Trinajstić information content (AvgIpc) is 2.18. The minimum atomic E-state index is -5.17. The Hall–Kier alpha value is -2.11. The molecule has 19 heavy (non-hydrogen) atoms. The highest BCUT2D eigenvalue weighted by atomic mass is 19.4. The van der Waals surface area contributed by atoms with Gasteiger partial charge in [-0.1, -0.05) is 6.07 Å². The van der Waals surface area contributed by atoms with Crippen molar-refractivity contribution < 1.29 is 35.8 Å². The smallest absolute Gasteiger partial charge is 0.402 e. The summed E-state index contributed by atoms with van der Waals surface area (Å²) in [7, 11) is 0. The van der Waals surface area contributed by atoms with Crippen molar-refractivity contribution in [1.82, 2.24) is 0 Å². The summed E-state index contributed by atoms with van der Waals surface area (Å²) in [5, 5.41) is 8.37. The fourth-order valence-corrected chi connectivity index (χ4v) is 1.17. The van der Waals surface area contributed by atoms with Crippen LogP contribution in [0.3, 0.4) is 0 Å². The van der Waals surface area contributed by atoms with Gasteiger partial charge in [-0.25, -0.2) is 0 Å². The molecule has 104 valence electrons. The summed E-state index contributed by atoms with van der Waals surface area (Å²) in [4.78, 5) is 0. The van der Waals surface area contributed by atoms with Crippen LogP contribution in [0.2, 0.25) is 0 Å². The standard InChI is InChI=1S/C10H5F6NO2/c11-9(12,13)18-7-2-1-6(3-4-17)5-8(7)19-10(14,15)16/h1-2,5H,3H2. The monoisotopic (exact) mass is 285 g/mol. The normalized spacial score (nSPS) is 11.8. The number of halogens is 6. The Kier molecular flexibility index (Phi) is 4.14. The molecule has 0 aliphatic heterocycles. The average molecular weight is 285 g/mol. The van der Waals surface area contributed by atoms with E-state index in [0.29, 0.717) is 12.1 Å². The van der Waals surface area contributed by atoms with Crippen molar-refractivity contribution in [1.29, 1.82) is 5.26 Å². The van der Waals surface area contributed by atoms with Gasteiger partial charge in [-0.3, -0.25) is 0 Å². The number of alkyl halides is 6. The third kappa shape index (κ3) is 5.37. The predicted octanol–water partition coefficient (Wildman–Crippen LogP) is 3.55. The molecule has 1 rings (SSSR count). The molecule has 0 radical (unpaired) electrons. The van der Waals surface area contributed by atoms with Crippen LogP contribution in [0.4, 0.5) is 26.3 Å². The van der Waals surface area contributed by atoms with Crippen LogP contribution in [-0.4, -0.2) is 12.7 Å². The van der Waals surface area contributed by atoms with Gasteiger partial charge in [-0.2, -0.15) is 5.26 Å². The fraction of sp³-hybridized carbons (Fsp3) is 0.300. The number of ether oxygens (including phenoxy) is 2. The topological polar surface area (TPSA) is 42.2 Å². The first-order valence-corrected chi connectivity index (χ1v) is 4.62. The SMILES string of the molecule is N#CCc1ccc(OC(F)(F)F)c(OC(F)(F)F)c1. The minimum Gasteiger partial charge on any atom is -0.402 e. The molecular weight excluding hydrogens is 280 g/mol. The Balaban J connectivity index is 3.12. The molecule has 0 heterocycles. The predicted molar refractivity (Wildman–Crippen MR) is 49.1 cm³/mol. The van der Waals surface area contributed by atoms with E-state index in [0.717, 1.165) is 6.07 Å². The van der Waals surface area contributed by atoms with E-state index in [4.69, 9.17) is 5.26 Å². The Bertz CT molecular complexity index is 488. The van der Waals surface area contributed by atoms with E-state index in [1.807, 2.05) is 0 Å². The number of nitriles is 1. The molecule has 1 aromatic rings. The second-order valence-electron chi connectivity index (χ2n) is 3.21. The Morgan fingerprint density at radius 2 is 1.47 bits per heavy atom. The van der Waals surface area contributed by atoms with Crippen LogP contribution < -0.4 is 9.47 Å². The van der Waals surface area contributed by atoms with Crippen LogP contribution in [0, 0.1) is 11.3 Å². The van der Waals surface area contributed by atoms with Crippen molar-refractivity contribution >= 4 is 0 Å². The summed E-state index contributed by atoms with van der Waals surface area (Å²) in [5.74, 6) is -2.29. The lowest BCUT2D eigenvalue weighted by Crippen LogP contribution is -2.21. The zero-order chi connectivity index (χ0) is 14.7. The Morgan fingerprint density at radius 3 is 1.95 bits per heavy atom. The van der Waals surface area contributed by atoms with Gasteiger partial charge in [-0.15, -0.1) is 26.3 Å². The molecule has 0 saturated carbocycles. The van der Waals surface area contributed by atoms with Gasteiger partial charge in [0.15, 0.2) is 11.5 Å². The van der Waals surface area contributed by atoms with Crippen LogP contribution in [0.1, 0.15) is 5.56 Å². The molecule has 0 unspecified atom stereocenters. The molecule has 0 aliphatic rings. The van der Waals surface area contributed by atoms with Crippen LogP contribution >= 0.6 is 0 Å². The molecule has 0 bridgehead atoms. The van der Waals surface area contributed by atoms with Gasteiger partial charge in [0, 0.05) is 0 Å². The third-order valence-corrected chi connectivity index (χ3v) is 1.74. The van der Waals surface area contributed by atoms with Crippen LogP contribution in [-0.2, 0) is 6.42 Å². The van der Waals surface area contributed by atoms with E-state index < -0.39 is 24.2 Å². The summed E-state index contributed by atoms with van der Waals surface area (Å²) < 4.78 is 79.0. The number of nitrogens with zero attached hydrogens (tertiary/aromatic N) is 1. The van der Waals surface area contributed by atoms with E-state index in [2.05, 4.69) is 9.47 Å². The summed E-state index contributed by atoms with van der Waals surface area (Å²) >= 11 is 0. The lowest BCUT2D eigenvalue weighted by Gasteiger charge is -2.15. The highest BCUT2D eigenvalue weighted by molar-refractivity contribution is 5.43. The molecule has 9 heteroatoms. The van der Waals surface area contributed by atoms with Gasteiger partial charge in [0.25, 0.3) is 0 Å². The maximum absolute atomic E-state index is 12.0. The molecule has 0 atom stereocenters. The van der Waals surface area contributed by atoms with Gasteiger partial charge in [0.05, 0.1) is 12.5 Å². The van der Waals surface area contributed by atoms with Crippen molar-refractivity contribution in [2.45, 2.75) is 19.1 Å². The lowest BCUT2D eigenvalue weighted by atomic mass is 10.1. The molecule has 1 aromatic carbocycles. The molecule has 0 aromatic heterocycles. The summed E-state index contributed by atoms with van der Waals surface area (Å²) in [6.45, 7) is 0. The van der Waals surface area contributed by atoms with Crippen molar-refractivity contribution in [3.8, 4) is 17.6 Å². The van der Waals surface area contributed by atoms with E-state index in [1.54, 1.807) is 6.07 Å². The Labute approximate surface area is 103 Å². The van der Waals surface area contributed by atoms with Crippen molar-refractivity contribution in [3.05, 3.63) is 23.8 Å². The summed E-state index contributed by atoms with van der Waals surface area (Å²) in [5.41, 5.74) is 0.0660. The number of hydrogen-bond donors (Lipinski definition) is 0. The fourth-order valence-electron chi connectivity index (χ4n) is 1.17. The largest absolute Gasteiger partial charge is 0.573 e. The van der Waals surface area contributed by atoms with Crippen molar-refractivity contribution in [2.24, 2.45) is 0 Å². The van der Waals surface area contributed by atoms with Crippen LogP contribution in [0.5, 0.6) is 11.5 Å². The second-order valence-corrected chi connectivity index (χ2v) is 3.21. The molecular formula is C10H5F6NO2. The molecule has 0 aliphatic carbocycles. The lowest BCUT2D eigenvalue weighted by molar-refractivity contribution is -0.287. The van der Waals surface area contributed by atoms with Gasteiger partial charge in [0.1, 0.15) is 0 Å². The van der Waals surface area contributed by atoms with Crippen molar-refractivity contribution in [3.63, 3.8) is 0 Å². The zero-order valence-electron chi connectivity index (χ0n) is 8.97. The third-order valence-electron chi connectivity index (χ3n) is 1.74. The number of hydrogen-bond acceptors (Lipinski definition) is 3. The van der Waals surface area contributed by atoms with E-state index in [9.17, 15) is 26.3 Å². The molecule has 0 saturated heterocycles. The van der Waals surface area contributed by atoms with E-state index in [1.165, 1.54) is 0 Å². The van der Waals surface area contributed by atoms with Crippen molar-refractivity contribution in [2.75, 3.05) is 0 Å². The first-order chi connectivity index (χ1) is 8.61. The maximum atomic E-state index is 12.0. The van der Waals surface area contributed by atoms with Gasteiger partial charge < -0.3 is 9.47 Å². The molecule has 0 N–H and O–H groups in total. The summed E-state index contributed by atoms with van der Waals surface area (Å²) in [6.07, 6.45) is -10.6. The highest BCUT2D eigenvalue weighted by Crippen LogP contribution is 2.36.